The Morgan fingerprint density at radius 1 is 1.11 bits per heavy atom. The third-order valence-electron chi connectivity index (χ3n) is 10.2. The third-order valence-corrected chi connectivity index (χ3v) is 11.9. The fourth-order valence-electron chi connectivity index (χ4n) is 7.56. The number of aromatic nitrogens is 2. The van der Waals surface area contributed by atoms with Gasteiger partial charge in [-0.05, 0) is 56.4 Å². The van der Waals surface area contributed by atoms with Crippen LogP contribution >= 0.6 is 0 Å². The lowest BCUT2D eigenvalue weighted by Crippen LogP contribution is -2.61. The number of amides is 3. The Balaban J connectivity index is 1.28. The van der Waals surface area contributed by atoms with E-state index >= 15 is 0 Å². The number of nitrogens with two attached hydrogens (primary N) is 1. The molecule has 2 aliphatic heterocycles. The Kier molecular flexibility index (Phi) is 8.90. The molecular weight excluding hydrogens is 584 g/mol. The summed E-state index contributed by atoms with van der Waals surface area (Å²) in [5.74, 6) is -1.34. The van der Waals surface area contributed by atoms with Crippen molar-refractivity contribution in [2.45, 2.75) is 115 Å². The molecule has 5 rings (SSSR count). The molecule has 244 valence electrons. The molecule has 0 radical (unpaired) electrons. The van der Waals surface area contributed by atoms with Crippen molar-refractivity contribution in [1.82, 2.24) is 18.9 Å². The number of aromatic hydroxyl groups is 1. The van der Waals surface area contributed by atoms with Gasteiger partial charge < -0.3 is 25.2 Å². The van der Waals surface area contributed by atoms with Gasteiger partial charge in [0.15, 0.2) is 0 Å². The summed E-state index contributed by atoms with van der Waals surface area (Å²) < 4.78 is 13.8. The van der Waals surface area contributed by atoms with Gasteiger partial charge in [0.1, 0.15) is 23.7 Å². The summed E-state index contributed by atoms with van der Waals surface area (Å²) in [5.41, 5.74) is 3.01. The molecule has 2 saturated heterocycles. The van der Waals surface area contributed by atoms with Crippen molar-refractivity contribution in [2.75, 3.05) is 26.6 Å². The average Bonchev–Trinajstić information content (AvgIpc) is 3.49. The lowest BCUT2D eigenvalue weighted by atomic mass is 9.57. The number of ether oxygens (including phenoxy) is 2. The molecule has 3 heterocycles. The Morgan fingerprint density at radius 2 is 1.80 bits per heavy atom. The maximum atomic E-state index is 13.7. The fraction of sp³-hybridized carbons (Fsp3) is 0.767. The van der Waals surface area contributed by atoms with E-state index in [1.54, 1.807) is 4.90 Å². The van der Waals surface area contributed by atoms with Crippen LogP contribution in [0.25, 0.3) is 0 Å². The van der Waals surface area contributed by atoms with E-state index in [0.29, 0.717) is 38.9 Å². The summed E-state index contributed by atoms with van der Waals surface area (Å²) in [6.45, 7) is 10.1. The van der Waals surface area contributed by atoms with E-state index in [0.717, 1.165) is 42.7 Å². The molecule has 0 bridgehead atoms. The molecule has 13 nitrogen and oxygen atoms in total. The average molecular weight is 633 g/mol. The second-order valence-corrected chi connectivity index (χ2v) is 20.1. The highest BCUT2D eigenvalue weighted by atomic mass is 28.3. The smallest absolute Gasteiger partial charge is 0.334 e. The van der Waals surface area contributed by atoms with Crippen molar-refractivity contribution >= 4 is 25.8 Å². The van der Waals surface area contributed by atoms with Gasteiger partial charge in [0, 0.05) is 46.3 Å². The van der Waals surface area contributed by atoms with E-state index in [-0.39, 0.29) is 54.9 Å². The van der Waals surface area contributed by atoms with Crippen LogP contribution in [-0.2, 0) is 20.8 Å². The van der Waals surface area contributed by atoms with E-state index in [2.05, 4.69) is 19.6 Å². The molecule has 1 atom stereocenters. The van der Waals surface area contributed by atoms with E-state index in [9.17, 15) is 24.3 Å². The predicted molar refractivity (Wildman–Crippen MR) is 167 cm³/mol. The molecule has 0 aromatic carbocycles. The first kappa shape index (κ1) is 32.4. The molecule has 1 aromatic heterocycles. The number of amidine groups is 1. The number of nitrogens with one attached hydrogen (secondary N) is 1. The normalized spacial score (nSPS) is 28.8. The van der Waals surface area contributed by atoms with E-state index in [1.165, 1.54) is 9.47 Å². The summed E-state index contributed by atoms with van der Waals surface area (Å²) in [7, 11) is -1.31. The molecule has 1 aromatic rings. The minimum absolute atomic E-state index is 0.0423. The van der Waals surface area contributed by atoms with Crippen LogP contribution < -0.4 is 17.0 Å². The first-order valence-electron chi connectivity index (χ1n) is 16.0. The number of hydrogen-bond donors (Lipinski definition) is 3. The fourth-order valence-corrected chi connectivity index (χ4v) is 8.32. The zero-order chi connectivity index (χ0) is 32.0. The molecular formula is C30H48N6O7Si. The van der Waals surface area contributed by atoms with Gasteiger partial charge >= 0.3 is 11.7 Å². The van der Waals surface area contributed by atoms with Gasteiger partial charge in [-0.3, -0.25) is 24.1 Å². The number of nitrogens with zero attached hydrogens (tertiary/aromatic N) is 4. The molecule has 14 heteroatoms. The number of unbranched alkanes of at least 4 members (excludes halogenated alkanes) is 1. The number of rotatable bonds is 11. The molecule has 2 saturated carbocycles. The molecule has 4 aliphatic rings. The summed E-state index contributed by atoms with van der Waals surface area (Å²) in [6.07, 6.45) is 6.05. The van der Waals surface area contributed by atoms with E-state index in [1.807, 2.05) is 6.92 Å². The Labute approximate surface area is 258 Å². The SMILES string of the molecule is CCCCn1c(O)c(C(=N)N)c(=O)n(C2CCC3(CC2)CC(N2C(=O)N(COCC[Si](C)(C)C)C(=O)[C@]24CCOC4)C3)c1=O. The number of urea groups is 1. The molecule has 2 spiro atoms. The van der Waals surface area contributed by atoms with Crippen LogP contribution in [0.1, 0.15) is 76.3 Å². The first-order chi connectivity index (χ1) is 20.8. The summed E-state index contributed by atoms with van der Waals surface area (Å²) >= 11 is 0. The third kappa shape index (κ3) is 5.64. The van der Waals surface area contributed by atoms with Gasteiger partial charge in [0.2, 0.25) is 5.88 Å². The maximum absolute atomic E-state index is 13.7. The zero-order valence-corrected chi connectivity index (χ0v) is 27.5. The van der Waals surface area contributed by atoms with Crippen LogP contribution in [-0.4, -0.2) is 88.0 Å². The lowest BCUT2D eigenvalue weighted by Gasteiger charge is -2.55. The van der Waals surface area contributed by atoms with Gasteiger partial charge in [-0.1, -0.05) is 33.0 Å². The number of nitrogen functional groups attached to an aromatic ring is 1. The highest BCUT2D eigenvalue weighted by molar-refractivity contribution is 6.76. The Bertz CT molecular complexity index is 1410. The van der Waals surface area contributed by atoms with Crippen molar-refractivity contribution in [3.05, 3.63) is 26.4 Å². The van der Waals surface area contributed by atoms with Crippen molar-refractivity contribution in [3.8, 4) is 5.88 Å². The van der Waals surface area contributed by atoms with Gasteiger partial charge in [-0.2, -0.15) is 0 Å². The standard InChI is InChI=1S/C30H48N6O7Si/c1-5-6-12-33-24(37)22(23(31)32)25(38)35(27(33)40)20-7-9-29(10-8-20)16-21(17-29)36-28(41)34(19-43-14-15-44(2,3)4)26(39)30(36)11-13-42-18-30/h20-21,37H,5-19H2,1-4H3,(H3,31,32)/t20?,21?,29?,30-/m1/s1. The van der Waals surface area contributed by atoms with Crippen molar-refractivity contribution in [2.24, 2.45) is 11.1 Å². The molecule has 4 N–H and O–H groups in total. The second kappa shape index (κ2) is 12.1. The van der Waals surface area contributed by atoms with Crippen molar-refractivity contribution < 1.29 is 24.2 Å². The second-order valence-electron chi connectivity index (χ2n) is 14.4. The molecule has 2 aliphatic carbocycles. The summed E-state index contributed by atoms with van der Waals surface area (Å²) in [6, 6.07) is 0.178. The van der Waals surface area contributed by atoms with Crippen LogP contribution in [0, 0.1) is 10.8 Å². The Morgan fingerprint density at radius 3 is 2.36 bits per heavy atom. The Hall–Kier alpha value is -2.97. The van der Waals surface area contributed by atoms with Gasteiger partial charge in [0.05, 0.1) is 6.61 Å². The summed E-state index contributed by atoms with van der Waals surface area (Å²) in [5, 5.41) is 18.5. The van der Waals surface area contributed by atoms with Gasteiger partial charge in [-0.15, -0.1) is 0 Å². The summed E-state index contributed by atoms with van der Waals surface area (Å²) in [4.78, 5) is 57.0. The number of hydrogen-bond acceptors (Lipinski definition) is 8. The minimum Gasteiger partial charge on any atom is -0.494 e. The maximum Gasteiger partial charge on any atom is 0.334 e. The number of imide groups is 1. The number of carbonyl (C=O) groups is 2. The van der Waals surface area contributed by atoms with Crippen LogP contribution in [0.2, 0.25) is 25.7 Å². The number of carbonyl (C=O) groups excluding carboxylic acids is 2. The van der Waals surface area contributed by atoms with Gasteiger partial charge in [0.25, 0.3) is 11.5 Å². The molecule has 0 unspecified atom stereocenters. The highest BCUT2D eigenvalue weighted by Crippen LogP contribution is 2.57. The zero-order valence-electron chi connectivity index (χ0n) is 26.5. The van der Waals surface area contributed by atoms with E-state index < -0.39 is 36.6 Å². The molecule has 4 fully saturated rings. The van der Waals surface area contributed by atoms with E-state index in [4.69, 9.17) is 20.6 Å². The molecule has 44 heavy (non-hydrogen) atoms. The van der Waals surface area contributed by atoms with Gasteiger partial charge in [-0.25, -0.2) is 14.5 Å². The minimum atomic E-state index is -1.31. The largest absolute Gasteiger partial charge is 0.494 e. The quantitative estimate of drug-likeness (QED) is 0.110. The topological polar surface area (TPSA) is 173 Å². The monoisotopic (exact) mass is 632 g/mol. The predicted octanol–water partition coefficient (Wildman–Crippen LogP) is 2.80. The van der Waals surface area contributed by atoms with Crippen molar-refractivity contribution in [1.29, 1.82) is 5.41 Å². The highest BCUT2D eigenvalue weighted by Gasteiger charge is 2.64. The lowest BCUT2D eigenvalue weighted by molar-refractivity contribution is -0.138. The molecule has 3 amide bonds. The van der Waals surface area contributed by atoms with Crippen molar-refractivity contribution in [3.63, 3.8) is 0 Å². The van der Waals surface area contributed by atoms with Crippen LogP contribution in [0.4, 0.5) is 4.79 Å². The van der Waals surface area contributed by atoms with Crippen LogP contribution in [0.5, 0.6) is 5.88 Å². The van der Waals surface area contributed by atoms with Crippen LogP contribution in [0.15, 0.2) is 9.59 Å². The van der Waals surface area contributed by atoms with Crippen LogP contribution in [0.3, 0.4) is 0 Å². The first-order valence-corrected chi connectivity index (χ1v) is 19.7.